The summed E-state index contributed by atoms with van der Waals surface area (Å²) >= 11 is 0. The molecule has 1 heterocycles. The number of piperidine rings is 1. The summed E-state index contributed by atoms with van der Waals surface area (Å²) in [5, 5.41) is 8.96. The summed E-state index contributed by atoms with van der Waals surface area (Å²) in [5.41, 5.74) is 2.17. The Balaban J connectivity index is 1.52. The van der Waals surface area contributed by atoms with Crippen LogP contribution in [0.15, 0.2) is 18.2 Å². The zero-order chi connectivity index (χ0) is 15.1. The maximum Gasteiger partial charge on any atom is 0.307 e. The fourth-order valence-corrected chi connectivity index (χ4v) is 3.21. The molecule has 0 spiro atoms. The van der Waals surface area contributed by atoms with Crippen LogP contribution in [0, 0.1) is 31.6 Å². The molecule has 1 saturated carbocycles. The highest BCUT2D eigenvalue weighted by Gasteiger charge is 2.60. The van der Waals surface area contributed by atoms with E-state index < -0.39 is 5.97 Å². The van der Waals surface area contributed by atoms with Crippen LogP contribution in [-0.4, -0.2) is 41.6 Å². The van der Waals surface area contributed by atoms with Gasteiger partial charge in [0.2, 0.25) is 0 Å². The Kier molecular flexibility index (Phi) is 3.35. The maximum atomic E-state index is 12.1. The van der Waals surface area contributed by atoms with Crippen molar-refractivity contribution in [3.8, 4) is 5.75 Å². The molecular weight excluding hydrogens is 270 g/mol. The van der Waals surface area contributed by atoms with Crippen molar-refractivity contribution in [2.45, 2.75) is 13.8 Å². The predicted molar refractivity (Wildman–Crippen MR) is 76.1 cm³/mol. The summed E-state index contributed by atoms with van der Waals surface area (Å²) in [4.78, 5) is 24.7. The molecule has 0 bridgehead atoms. The van der Waals surface area contributed by atoms with Crippen molar-refractivity contribution >= 4 is 11.9 Å². The molecule has 1 aromatic carbocycles. The second-order valence-corrected chi connectivity index (χ2v) is 5.98. The van der Waals surface area contributed by atoms with Crippen molar-refractivity contribution in [3.63, 3.8) is 0 Å². The van der Waals surface area contributed by atoms with Crippen LogP contribution in [0.25, 0.3) is 0 Å². The lowest BCUT2D eigenvalue weighted by molar-refractivity contribution is -0.141. The molecule has 0 aromatic heterocycles. The minimum atomic E-state index is -0.733. The number of aryl methyl sites for hydroxylation is 1. The molecule has 1 amide bonds. The highest BCUT2D eigenvalue weighted by Crippen LogP contribution is 2.51. The lowest BCUT2D eigenvalue weighted by Crippen LogP contribution is -2.36. The topological polar surface area (TPSA) is 66.8 Å². The van der Waals surface area contributed by atoms with Gasteiger partial charge >= 0.3 is 5.97 Å². The molecule has 2 aliphatic rings. The number of ether oxygens (including phenoxy) is 1. The third kappa shape index (κ3) is 2.48. The largest absolute Gasteiger partial charge is 0.483 e. The van der Waals surface area contributed by atoms with Crippen molar-refractivity contribution in [2.24, 2.45) is 17.8 Å². The zero-order valence-corrected chi connectivity index (χ0v) is 12.2. The van der Waals surface area contributed by atoms with Crippen molar-refractivity contribution in [2.75, 3.05) is 19.7 Å². The quantitative estimate of drug-likeness (QED) is 0.911. The standard InChI is InChI=1S/C16H19NO4/c1-9-4-3-5-13(10(9)2)21-8-14(18)17-6-11-12(7-17)15(11)16(19)20/h3-5,11-12,15H,6-8H2,1-2H3,(H,19,20)/t11-,12+,15?. The van der Waals surface area contributed by atoms with Crippen molar-refractivity contribution in [1.29, 1.82) is 0 Å². The molecule has 3 rings (SSSR count). The molecule has 1 aromatic rings. The van der Waals surface area contributed by atoms with E-state index in [9.17, 15) is 9.59 Å². The number of carboxylic acids is 1. The predicted octanol–water partition coefficient (Wildman–Crippen LogP) is 1.47. The third-order valence-electron chi connectivity index (χ3n) is 4.74. The molecule has 3 atom stereocenters. The molecule has 0 radical (unpaired) electrons. The average Bonchev–Trinajstić information content (AvgIpc) is 2.96. The molecule has 1 saturated heterocycles. The Morgan fingerprint density at radius 3 is 2.57 bits per heavy atom. The van der Waals surface area contributed by atoms with E-state index in [0.717, 1.165) is 16.9 Å². The van der Waals surface area contributed by atoms with Crippen LogP contribution in [0.3, 0.4) is 0 Å². The van der Waals surface area contributed by atoms with Crippen LogP contribution in [0.5, 0.6) is 5.75 Å². The summed E-state index contributed by atoms with van der Waals surface area (Å²) in [7, 11) is 0. The molecule has 1 aliphatic carbocycles. The third-order valence-corrected chi connectivity index (χ3v) is 4.74. The molecule has 2 fully saturated rings. The summed E-state index contributed by atoms with van der Waals surface area (Å²) in [6, 6.07) is 5.77. The second kappa shape index (κ2) is 5.06. The fourth-order valence-electron chi connectivity index (χ4n) is 3.21. The molecule has 1 aliphatic heterocycles. The molecule has 5 heteroatoms. The highest BCUT2D eigenvalue weighted by atomic mass is 16.5. The van der Waals surface area contributed by atoms with Gasteiger partial charge in [-0.2, -0.15) is 0 Å². The fraction of sp³-hybridized carbons (Fsp3) is 0.500. The number of nitrogens with zero attached hydrogens (tertiary/aromatic N) is 1. The van der Waals surface area contributed by atoms with Crippen LogP contribution in [0.4, 0.5) is 0 Å². The van der Waals surface area contributed by atoms with Crippen LogP contribution in [-0.2, 0) is 9.59 Å². The second-order valence-electron chi connectivity index (χ2n) is 5.98. The first-order valence-electron chi connectivity index (χ1n) is 7.18. The highest BCUT2D eigenvalue weighted by molar-refractivity contribution is 5.80. The Bertz CT molecular complexity index is 586. The molecule has 21 heavy (non-hydrogen) atoms. The Morgan fingerprint density at radius 2 is 1.95 bits per heavy atom. The lowest BCUT2D eigenvalue weighted by atomic mass is 10.1. The summed E-state index contributed by atoms with van der Waals surface area (Å²) < 4.78 is 5.61. The normalized spacial score (nSPS) is 26.4. The zero-order valence-electron chi connectivity index (χ0n) is 12.2. The smallest absolute Gasteiger partial charge is 0.307 e. The minimum Gasteiger partial charge on any atom is -0.483 e. The molecular formula is C16H19NO4. The monoisotopic (exact) mass is 289 g/mol. The number of hydrogen-bond acceptors (Lipinski definition) is 3. The first-order chi connectivity index (χ1) is 9.99. The van der Waals surface area contributed by atoms with Gasteiger partial charge in [0.15, 0.2) is 6.61 Å². The van der Waals surface area contributed by atoms with Gasteiger partial charge in [-0.15, -0.1) is 0 Å². The first-order valence-corrected chi connectivity index (χ1v) is 7.18. The van der Waals surface area contributed by atoms with E-state index >= 15 is 0 Å². The van der Waals surface area contributed by atoms with Crippen LogP contribution in [0.2, 0.25) is 0 Å². The van der Waals surface area contributed by atoms with Gasteiger partial charge in [-0.3, -0.25) is 9.59 Å². The number of amides is 1. The Hall–Kier alpha value is -2.04. The van der Waals surface area contributed by atoms with E-state index in [-0.39, 0.29) is 30.3 Å². The van der Waals surface area contributed by atoms with Gasteiger partial charge in [-0.1, -0.05) is 12.1 Å². The van der Waals surface area contributed by atoms with Gasteiger partial charge in [0.05, 0.1) is 5.92 Å². The van der Waals surface area contributed by atoms with E-state index in [4.69, 9.17) is 9.84 Å². The van der Waals surface area contributed by atoms with E-state index in [1.54, 1.807) is 4.90 Å². The van der Waals surface area contributed by atoms with Gasteiger partial charge in [0.25, 0.3) is 5.91 Å². The van der Waals surface area contributed by atoms with Gasteiger partial charge in [-0.05, 0) is 42.9 Å². The summed E-state index contributed by atoms with van der Waals surface area (Å²) in [6.07, 6.45) is 0. The number of carbonyl (C=O) groups is 2. The van der Waals surface area contributed by atoms with E-state index in [1.807, 2.05) is 32.0 Å². The SMILES string of the molecule is Cc1cccc(OCC(=O)N2C[C@@H]3C(C(=O)O)[C@@H]3C2)c1C. The number of carboxylic acid groups (broad SMARTS) is 1. The number of likely N-dealkylation sites (tertiary alicyclic amines) is 1. The number of rotatable bonds is 4. The molecule has 1 N–H and O–H groups in total. The van der Waals surface area contributed by atoms with Crippen molar-refractivity contribution in [3.05, 3.63) is 29.3 Å². The van der Waals surface area contributed by atoms with Crippen molar-refractivity contribution < 1.29 is 19.4 Å². The van der Waals surface area contributed by atoms with E-state index in [1.165, 1.54) is 0 Å². The Morgan fingerprint density at radius 1 is 1.29 bits per heavy atom. The van der Waals surface area contributed by atoms with E-state index in [2.05, 4.69) is 0 Å². The number of aliphatic carboxylic acids is 1. The number of fused-ring (bicyclic) bond motifs is 1. The van der Waals surface area contributed by atoms with Crippen LogP contribution < -0.4 is 4.74 Å². The summed E-state index contributed by atoms with van der Waals surface area (Å²) in [6.45, 7) is 5.09. The van der Waals surface area contributed by atoms with Crippen LogP contribution in [0.1, 0.15) is 11.1 Å². The Labute approximate surface area is 123 Å². The number of carbonyl (C=O) groups excluding carboxylic acids is 1. The van der Waals surface area contributed by atoms with Gasteiger partial charge in [0, 0.05) is 13.1 Å². The van der Waals surface area contributed by atoms with E-state index in [0.29, 0.717) is 13.1 Å². The van der Waals surface area contributed by atoms with Crippen molar-refractivity contribution in [1.82, 2.24) is 4.90 Å². The minimum absolute atomic E-state index is 0.0153. The van der Waals surface area contributed by atoms with Gasteiger partial charge in [-0.25, -0.2) is 0 Å². The average molecular weight is 289 g/mol. The molecule has 5 nitrogen and oxygen atoms in total. The maximum absolute atomic E-state index is 12.1. The lowest BCUT2D eigenvalue weighted by Gasteiger charge is -2.19. The molecule has 112 valence electrons. The summed E-state index contributed by atoms with van der Waals surface area (Å²) in [5.74, 6) is -0.0135. The van der Waals surface area contributed by atoms with Gasteiger partial charge < -0.3 is 14.7 Å². The number of benzene rings is 1. The first kappa shape index (κ1) is 13.9. The molecule has 1 unspecified atom stereocenters. The van der Waals surface area contributed by atoms with Crippen LogP contribution >= 0.6 is 0 Å². The number of hydrogen-bond donors (Lipinski definition) is 1. The van der Waals surface area contributed by atoms with Gasteiger partial charge in [0.1, 0.15) is 5.75 Å².